The molecule has 0 atom stereocenters. The first-order chi connectivity index (χ1) is 11.4. The summed E-state index contributed by atoms with van der Waals surface area (Å²) in [7, 11) is 0. The van der Waals surface area contributed by atoms with Gasteiger partial charge in [0.1, 0.15) is 0 Å². The van der Waals surface area contributed by atoms with Gasteiger partial charge in [0.2, 0.25) is 5.91 Å². The number of alkyl halides is 3. The fraction of sp³-hybridized carbons (Fsp3) is 0.188. The van der Waals surface area contributed by atoms with Gasteiger partial charge < -0.3 is 5.32 Å². The van der Waals surface area contributed by atoms with Gasteiger partial charge in [-0.15, -0.1) is 10.2 Å². The summed E-state index contributed by atoms with van der Waals surface area (Å²) in [5.41, 5.74) is 0.185. The van der Waals surface area contributed by atoms with Crippen LogP contribution >= 0.6 is 0 Å². The number of benzene rings is 1. The lowest BCUT2D eigenvalue weighted by Gasteiger charge is -2.09. The topological polar surface area (TPSA) is 59.3 Å². The molecule has 0 unspecified atom stereocenters. The number of fused-ring (bicyclic) bond motifs is 1. The molecule has 0 fully saturated rings. The van der Waals surface area contributed by atoms with E-state index in [2.05, 4.69) is 15.5 Å². The van der Waals surface area contributed by atoms with Crippen molar-refractivity contribution in [2.75, 3.05) is 0 Å². The molecule has 0 saturated carbocycles. The molecule has 0 aliphatic rings. The molecule has 0 aliphatic heterocycles. The van der Waals surface area contributed by atoms with E-state index in [0.29, 0.717) is 17.0 Å². The van der Waals surface area contributed by atoms with Gasteiger partial charge in [-0.2, -0.15) is 13.2 Å². The first-order valence-electron chi connectivity index (χ1n) is 7.15. The van der Waals surface area contributed by atoms with Crippen LogP contribution in [0.5, 0.6) is 0 Å². The Kier molecular flexibility index (Phi) is 4.20. The molecule has 0 saturated heterocycles. The molecule has 0 bridgehead atoms. The number of hydrogen-bond acceptors (Lipinski definition) is 3. The maximum Gasteiger partial charge on any atom is 0.416 e. The molecule has 0 spiro atoms. The second-order valence-corrected chi connectivity index (χ2v) is 5.20. The largest absolute Gasteiger partial charge is 0.416 e. The Balaban J connectivity index is 1.64. The van der Waals surface area contributed by atoms with E-state index in [1.54, 1.807) is 16.7 Å². The third-order valence-corrected chi connectivity index (χ3v) is 3.45. The molecule has 1 N–H and O–H groups in total. The minimum absolute atomic E-state index is 0.138. The Labute approximate surface area is 135 Å². The molecule has 1 amide bonds. The number of rotatable bonds is 4. The molecule has 2 aromatic heterocycles. The molecule has 124 valence electrons. The SMILES string of the molecule is O=C(Cc1cccc(C(F)(F)F)c1)NCc1nnc2ccccn12. The summed E-state index contributed by atoms with van der Waals surface area (Å²) in [6.07, 6.45) is -2.79. The molecule has 1 aromatic carbocycles. The molecule has 0 aliphatic carbocycles. The van der Waals surface area contributed by atoms with Crippen molar-refractivity contribution in [3.8, 4) is 0 Å². The van der Waals surface area contributed by atoms with Crippen molar-refractivity contribution in [2.24, 2.45) is 0 Å². The van der Waals surface area contributed by atoms with Gasteiger partial charge in [-0.1, -0.05) is 24.3 Å². The van der Waals surface area contributed by atoms with Gasteiger partial charge in [0.25, 0.3) is 0 Å². The number of pyridine rings is 1. The predicted octanol–water partition coefficient (Wildman–Crippen LogP) is 2.61. The standard InChI is InChI=1S/C16H13F3N4O/c17-16(18,19)12-5-3-4-11(8-12)9-15(24)20-10-14-22-21-13-6-1-2-7-23(13)14/h1-8H,9-10H2,(H,20,24). The highest BCUT2D eigenvalue weighted by molar-refractivity contribution is 5.78. The van der Waals surface area contributed by atoms with E-state index in [-0.39, 0.29) is 18.9 Å². The third kappa shape index (κ3) is 3.53. The van der Waals surface area contributed by atoms with Crippen molar-refractivity contribution in [3.63, 3.8) is 0 Å². The Bertz CT molecular complexity index is 873. The van der Waals surface area contributed by atoms with Gasteiger partial charge >= 0.3 is 6.18 Å². The molecule has 0 radical (unpaired) electrons. The normalized spacial score (nSPS) is 11.6. The summed E-state index contributed by atoms with van der Waals surface area (Å²) in [5, 5.41) is 10.6. The number of hydrogen-bond donors (Lipinski definition) is 1. The minimum atomic E-state index is -4.42. The smallest absolute Gasteiger partial charge is 0.348 e. The summed E-state index contributed by atoms with van der Waals surface area (Å²) in [6, 6.07) is 10.1. The van der Waals surface area contributed by atoms with Crippen LogP contribution in [0.15, 0.2) is 48.7 Å². The van der Waals surface area contributed by atoms with Crippen LogP contribution in [0.25, 0.3) is 5.65 Å². The lowest BCUT2D eigenvalue weighted by Crippen LogP contribution is -2.25. The number of carbonyl (C=O) groups excluding carboxylic acids is 1. The average molecular weight is 334 g/mol. The van der Waals surface area contributed by atoms with Crippen molar-refractivity contribution in [3.05, 3.63) is 65.6 Å². The van der Waals surface area contributed by atoms with E-state index in [1.165, 1.54) is 12.1 Å². The Morgan fingerprint density at radius 3 is 2.75 bits per heavy atom. The average Bonchev–Trinajstić information content (AvgIpc) is 2.96. The van der Waals surface area contributed by atoms with Crippen molar-refractivity contribution >= 4 is 11.6 Å². The fourth-order valence-electron chi connectivity index (χ4n) is 2.29. The highest BCUT2D eigenvalue weighted by Crippen LogP contribution is 2.29. The molecule has 24 heavy (non-hydrogen) atoms. The van der Waals surface area contributed by atoms with Gasteiger partial charge in [-0.25, -0.2) is 0 Å². The Morgan fingerprint density at radius 2 is 1.96 bits per heavy atom. The molecule has 5 nitrogen and oxygen atoms in total. The molecule has 8 heteroatoms. The van der Waals surface area contributed by atoms with Crippen LogP contribution < -0.4 is 5.32 Å². The van der Waals surface area contributed by atoms with Gasteiger partial charge in [0, 0.05) is 6.20 Å². The predicted molar refractivity (Wildman–Crippen MR) is 80.0 cm³/mol. The van der Waals surface area contributed by atoms with Crippen LogP contribution in [0.3, 0.4) is 0 Å². The maximum atomic E-state index is 12.7. The minimum Gasteiger partial charge on any atom is -0.348 e. The van der Waals surface area contributed by atoms with E-state index in [4.69, 9.17) is 0 Å². The Hall–Kier alpha value is -2.90. The number of nitrogens with one attached hydrogen (secondary N) is 1. The summed E-state index contributed by atoms with van der Waals surface area (Å²) in [6.45, 7) is 0.142. The quantitative estimate of drug-likeness (QED) is 0.798. The van der Waals surface area contributed by atoms with Crippen LogP contribution in [0.4, 0.5) is 13.2 Å². The van der Waals surface area contributed by atoms with Gasteiger partial charge in [-0.3, -0.25) is 9.20 Å². The molecule has 2 heterocycles. The lowest BCUT2D eigenvalue weighted by molar-refractivity contribution is -0.137. The van der Waals surface area contributed by atoms with Gasteiger partial charge in [0.15, 0.2) is 11.5 Å². The summed E-state index contributed by atoms with van der Waals surface area (Å²) >= 11 is 0. The molecule has 3 aromatic rings. The van der Waals surface area contributed by atoms with E-state index in [0.717, 1.165) is 12.1 Å². The van der Waals surface area contributed by atoms with Crippen LogP contribution in [-0.4, -0.2) is 20.5 Å². The van der Waals surface area contributed by atoms with E-state index < -0.39 is 11.7 Å². The Morgan fingerprint density at radius 1 is 1.12 bits per heavy atom. The number of nitrogens with zero attached hydrogens (tertiary/aromatic N) is 3. The summed E-state index contributed by atoms with van der Waals surface area (Å²) in [5.74, 6) is 0.157. The fourth-order valence-corrected chi connectivity index (χ4v) is 2.29. The van der Waals surface area contributed by atoms with E-state index in [1.807, 2.05) is 12.1 Å². The second-order valence-electron chi connectivity index (χ2n) is 5.20. The van der Waals surface area contributed by atoms with Crippen molar-refractivity contribution in [1.29, 1.82) is 0 Å². The zero-order valence-electron chi connectivity index (χ0n) is 12.4. The van der Waals surface area contributed by atoms with Crippen molar-refractivity contribution in [1.82, 2.24) is 19.9 Å². The molecular formula is C16H13F3N4O. The van der Waals surface area contributed by atoms with Crippen LogP contribution in [-0.2, 0) is 23.9 Å². The lowest BCUT2D eigenvalue weighted by atomic mass is 10.1. The van der Waals surface area contributed by atoms with Crippen LogP contribution in [0, 0.1) is 0 Å². The monoisotopic (exact) mass is 334 g/mol. The number of carbonyl (C=O) groups is 1. The zero-order chi connectivity index (χ0) is 17.2. The second kappa shape index (κ2) is 6.31. The van der Waals surface area contributed by atoms with Crippen molar-refractivity contribution < 1.29 is 18.0 Å². The molecule has 3 rings (SSSR count). The first-order valence-corrected chi connectivity index (χ1v) is 7.15. The van der Waals surface area contributed by atoms with Crippen molar-refractivity contribution in [2.45, 2.75) is 19.1 Å². The number of amides is 1. The van der Waals surface area contributed by atoms with Gasteiger partial charge in [0.05, 0.1) is 18.5 Å². The van der Waals surface area contributed by atoms with Crippen LogP contribution in [0.2, 0.25) is 0 Å². The number of aromatic nitrogens is 3. The van der Waals surface area contributed by atoms with Gasteiger partial charge in [-0.05, 0) is 23.8 Å². The number of halogens is 3. The van der Waals surface area contributed by atoms with E-state index in [9.17, 15) is 18.0 Å². The summed E-state index contributed by atoms with van der Waals surface area (Å²) in [4.78, 5) is 12.0. The third-order valence-electron chi connectivity index (χ3n) is 3.45. The first kappa shape index (κ1) is 16.0. The van der Waals surface area contributed by atoms with E-state index >= 15 is 0 Å². The zero-order valence-corrected chi connectivity index (χ0v) is 12.4. The maximum absolute atomic E-state index is 12.7. The highest BCUT2D eigenvalue weighted by Gasteiger charge is 2.30. The molecular weight excluding hydrogens is 321 g/mol. The highest BCUT2D eigenvalue weighted by atomic mass is 19.4. The van der Waals surface area contributed by atoms with Crippen LogP contribution in [0.1, 0.15) is 17.0 Å². The summed E-state index contributed by atoms with van der Waals surface area (Å²) < 4.78 is 39.7.